The van der Waals surface area contributed by atoms with E-state index in [0.29, 0.717) is 5.75 Å². The SMILES string of the molecule is CCCCOCCSCC(C)C(=O)O. The number of ether oxygens (including phenoxy) is 1. The summed E-state index contributed by atoms with van der Waals surface area (Å²) in [5.41, 5.74) is 0. The summed E-state index contributed by atoms with van der Waals surface area (Å²) in [4.78, 5) is 10.5. The summed E-state index contributed by atoms with van der Waals surface area (Å²) in [6, 6.07) is 0. The van der Waals surface area contributed by atoms with E-state index in [4.69, 9.17) is 9.84 Å². The van der Waals surface area contributed by atoms with Gasteiger partial charge in [0.1, 0.15) is 0 Å². The molecule has 0 bridgehead atoms. The molecule has 0 saturated heterocycles. The lowest BCUT2D eigenvalue weighted by atomic mass is 10.2. The maximum absolute atomic E-state index is 10.5. The second-order valence-corrected chi connectivity index (χ2v) is 4.43. The molecule has 0 aliphatic carbocycles. The molecule has 0 aliphatic rings. The van der Waals surface area contributed by atoms with Crippen molar-refractivity contribution in [3.8, 4) is 0 Å². The summed E-state index contributed by atoms with van der Waals surface area (Å²) < 4.78 is 5.35. The Morgan fingerprint density at radius 3 is 2.79 bits per heavy atom. The van der Waals surface area contributed by atoms with Crippen LogP contribution in [0.3, 0.4) is 0 Å². The Labute approximate surface area is 90.2 Å². The molecule has 3 nitrogen and oxygen atoms in total. The van der Waals surface area contributed by atoms with Gasteiger partial charge in [0.15, 0.2) is 0 Å². The first-order valence-electron chi connectivity index (χ1n) is 5.06. The summed E-state index contributed by atoms with van der Waals surface area (Å²) in [6.07, 6.45) is 2.26. The van der Waals surface area contributed by atoms with Gasteiger partial charge in [-0.25, -0.2) is 0 Å². The monoisotopic (exact) mass is 220 g/mol. The molecular weight excluding hydrogens is 200 g/mol. The number of hydrogen-bond acceptors (Lipinski definition) is 3. The highest BCUT2D eigenvalue weighted by Crippen LogP contribution is 2.08. The standard InChI is InChI=1S/C10H20O3S/c1-3-4-5-13-6-7-14-8-9(2)10(11)12/h9H,3-8H2,1-2H3,(H,11,12). The Bertz CT molecular complexity index is 150. The van der Waals surface area contributed by atoms with Crippen LogP contribution >= 0.6 is 11.8 Å². The average Bonchev–Trinajstić information content (AvgIpc) is 2.16. The van der Waals surface area contributed by atoms with Gasteiger partial charge in [-0.1, -0.05) is 20.3 Å². The molecule has 0 rings (SSSR count). The molecule has 1 N–H and O–H groups in total. The van der Waals surface area contributed by atoms with Gasteiger partial charge >= 0.3 is 5.97 Å². The number of thioether (sulfide) groups is 1. The fourth-order valence-electron chi connectivity index (χ4n) is 0.798. The molecular formula is C10H20O3S. The topological polar surface area (TPSA) is 46.5 Å². The largest absolute Gasteiger partial charge is 0.481 e. The van der Waals surface area contributed by atoms with Crippen LogP contribution in [0.25, 0.3) is 0 Å². The summed E-state index contributed by atoms with van der Waals surface area (Å²) in [5, 5.41) is 8.61. The van der Waals surface area contributed by atoms with E-state index in [1.807, 2.05) is 0 Å². The van der Waals surface area contributed by atoms with E-state index in [1.54, 1.807) is 18.7 Å². The minimum atomic E-state index is -0.718. The van der Waals surface area contributed by atoms with Crippen molar-refractivity contribution in [2.75, 3.05) is 24.7 Å². The quantitative estimate of drug-likeness (QED) is 0.605. The second-order valence-electron chi connectivity index (χ2n) is 3.28. The Hall–Kier alpha value is -0.220. The smallest absolute Gasteiger partial charge is 0.307 e. The van der Waals surface area contributed by atoms with E-state index in [2.05, 4.69) is 6.92 Å². The summed E-state index contributed by atoms with van der Waals surface area (Å²) >= 11 is 1.64. The Balaban J connectivity index is 3.09. The zero-order valence-corrected chi connectivity index (χ0v) is 9.81. The molecule has 0 radical (unpaired) electrons. The molecule has 0 spiro atoms. The van der Waals surface area contributed by atoms with Crippen LogP contribution in [0, 0.1) is 5.92 Å². The minimum Gasteiger partial charge on any atom is -0.481 e. The van der Waals surface area contributed by atoms with Crippen molar-refractivity contribution in [3.05, 3.63) is 0 Å². The van der Waals surface area contributed by atoms with Gasteiger partial charge in [0.05, 0.1) is 12.5 Å². The van der Waals surface area contributed by atoms with E-state index in [0.717, 1.165) is 31.8 Å². The normalized spacial score (nSPS) is 12.7. The number of unbranched alkanes of at least 4 members (excludes halogenated alkanes) is 1. The highest BCUT2D eigenvalue weighted by Gasteiger charge is 2.09. The van der Waals surface area contributed by atoms with Crippen molar-refractivity contribution in [1.82, 2.24) is 0 Å². The third-order valence-electron chi connectivity index (χ3n) is 1.80. The van der Waals surface area contributed by atoms with Crippen LogP contribution in [0.15, 0.2) is 0 Å². The number of aliphatic carboxylic acids is 1. The van der Waals surface area contributed by atoms with Gasteiger partial charge in [-0.15, -0.1) is 0 Å². The Kier molecular flexibility index (Phi) is 9.19. The lowest BCUT2D eigenvalue weighted by Crippen LogP contribution is -2.12. The summed E-state index contributed by atoms with van der Waals surface area (Å²) in [5.74, 6) is 0.591. The molecule has 84 valence electrons. The van der Waals surface area contributed by atoms with Crippen molar-refractivity contribution in [2.24, 2.45) is 5.92 Å². The summed E-state index contributed by atoms with van der Waals surface area (Å²) in [6.45, 7) is 5.42. The third-order valence-corrected chi connectivity index (χ3v) is 2.99. The van der Waals surface area contributed by atoms with Crippen LogP contribution in [-0.4, -0.2) is 35.8 Å². The zero-order chi connectivity index (χ0) is 10.8. The lowest BCUT2D eigenvalue weighted by molar-refractivity contribution is -0.140. The molecule has 0 aliphatic heterocycles. The predicted octanol–water partition coefficient (Wildman–Crippen LogP) is 2.26. The molecule has 0 aromatic rings. The first kappa shape index (κ1) is 13.8. The van der Waals surface area contributed by atoms with Crippen LogP contribution in [-0.2, 0) is 9.53 Å². The van der Waals surface area contributed by atoms with Crippen molar-refractivity contribution in [2.45, 2.75) is 26.7 Å². The molecule has 0 amide bonds. The fraction of sp³-hybridized carbons (Fsp3) is 0.900. The molecule has 4 heteroatoms. The van der Waals surface area contributed by atoms with Gasteiger partial charge in [0.25, 0.3) is 0 Å². The predicted molar refractivity (Wildman–Crippen MR) is 59.9 cm³/mol. The zero-order valence-electron chi connectivity index (χ0n) is 8.99. The van der Waals surface area contributed by atoms with E-state index in [-0.39, 0.29) is 5.92 Å². The highest BCUT2D eigenvalue weighted by atomic mass is 32.2. The van der Waals surface area contributed by atoms with Crippen LogP contribution in [0.5, 0.6) is 0 Å². The van der Waals surface area contributed by atoms with E-state index in [1.165, 1.54) is 0 Å². The van der Waals surface area contributed by atoms with Gasteiger partial charge in [0, 0.05) is 18.1 Å². The van der Waals surface area contributed by atoms with Crippen molar-refractivity contribution in [3.63, 3.8) is 0 Å². The van der Waals surface area contributed by atoms with Gasteiger partial charge in [-0.3, -0.25) is 4.79 Å². The molecule has 0 saturated carbocycles. The molecule has 1 atom stereocenters. The van der Waals surface area contributed by atoms with Gasteiger partial charge < -0.3 is 9.84 Å². The van der Waals surface area contributed by atoms with Crippen LogP contribution in [0.1, 0.15) is 26.7 Å². The van der Waals surface area contributed by atoms with Crippen LogP contribution < -0.4 is 0 Å². The van der Waals surface area contributed by atoms with Crippen LogP contribution in [0.2, 0.25) is 0 Å². The number of hydrogen-bond donors (Lipinski definition) is 1. The maximum atomic E-state index is 10.5. The molecule has 0 heterocycles. The van der Waals surface area contributed by atoms with E-state index < -0.39 is 5.97 Å². The van der Waals surface area contributed by atoms with Crippen molar-refractivity contribution in [1.29, 1.82) is 0 Å². The van der Waals surface area contributed by atoms with Gasteiger partial charge in [-0.2, -0.15) is 11.8 Å². The number of carboxylic acid groups (broad SMARTS) is 1. The molecule has 0 aromatic carbocycles. The first-order chi connectivity index (χ1) is 6.68. The maximum Gasteiger partial charge on any atom is 0.307 e. The van der Waals surface area contributed by atoms with E-state index >= 15 is 0 Å². The first-order valence-corrected chi connectivity index (χ1v) is 6.22. The second kappa shape index (κ2) is 9.34. The summed E-state index contributed by atoms with van der Waals surface area (Å²) in [7, 11) is 0. The van der Waals surface area contributed by atoms with Crippen molar-refractivity contribution >= 4 is 17.7 Å². The Morgan fingerprint density at radius 1 is 1.50 bits per heavy atom. The average molecular weight is 220 g/mol. The van der Waals surface area contributed by atoms with Gasteiger partial charge in [0.2, 0.25) is 0 Å². The lowest BCUT2D eigenvalue weighted by Gasteiger charge is -2.06. The molecule has 0 aromatic heterocycles. The fourth-order valence-corrected chi connectivity index (χ4v) is 1.70. The van der Waals surface area contributed by atoms with Gasteiger partial charge in [-0.05, 0) is 6.42 Å². The van der Waals surface area contributed by atoms with Crippen molar-refractivity contribution < 1.29 is 14.6 Å². The van der Waals surface area contributed by atoms with E-state index in [9.17, 15) is 4.79 Å². The highest BCUT2D eigenvalue weighted by molar-refractivity contribution is 7.99. The number of rotatable bonds is 9. The molecule has 14 heavy (non-hydrogen) atoms. The minimum absolute atomic E-state index is 0.254. The Morgan fingerprint density at radius 2 is 2.21 bits per heavy atom. The number of carboxylic acids is 1. The molecule has 1 unspecified atom stereocenters. The number of carbonyl (C=O) groups is 1. The third kappa shape index (κ3) is 8.38. The molecule has 0 fully saturated rings. The van der Waals surface area contributed by atoms with Crippen LogP contribution in [0.4, 0.5) is 0 Å².